The summed E-state index contributed by atoms with van der Waals surface area (Å²) in [6.07, 6.45) is 1.10. The van der Waals surface area contributed by atoms with Crippen LogP contribution in [0.2, 0.25) is 0 Å². The van der Waals surface area contributed by atoms with Gasteiger partial charge in [-0.3, -0.25) is 19.3 Å². The van der Waals surface area contributed by atoms with Gasteiger partial charge in [0.1, 0.15) is 0 Å². The molecule has 1 aromatic carbocycles. The summed E-state index contributed by atoms with van der Waals surface area (Å²) in [5.74, 6) is 0.0219. The van der Waals surface area contributed by atoms with Gasteiger partial charge in [0.05, 0.1) is 18.8 Å². The summed E-state index contributed by atoms with van der Waals surface area (Å²) in [7, 11) is 0. The standard InChI is InChI=1S/C23H33N5O3/c1-3-26(4-2)23(31)18-25-14-16-27(17-15-25)21(29)10-11-22(30)28-13-12-20(24-28)19-8-6-5-7-9-19/h5-9H,3-4,10-18H2,1-2H3. The van der Waals surface area contributed by atoms with E-state index in [0.29, 0.717) is 39.3 Å². The minimum Gasteiger partial charge on any atom is -0.342 e. The normalized spacial score (nSPS) is 16.9. The van der Waals surface area contributed by atoms with E-state index in [1.165, 1.54) is 5.01 Å². The summed E-state index contributed by atoms with van der Waals surface area (Å²) in [6.45, 7) is 8.93. The van der Waals surface area contributed by atoms with Gasteiger partial charge in [-0.25, -0.2) is 5.01 Å². The maximum atomic E-state index is 12.6. The topological polar surface area (TPSA) is 76.5 Å². The molecular formula is C23H33N5O3. The van der Waals surface area contributed by atoms with E-state index in [1.54, 1.807) is 4.90 Å². The largest absolute Gasteiger partial charge is 0.342 e. The van der Waals surface area contributed by atoms with E-state index >= 15 is 0 Å². The predicted molar refractivity (Wildman–Crippen MR) is 119 cm³/mol. The van der Waals surface area contributed by atoms with Gasteiger partial charge >= 0.3 is 0 Å². The van der Waals surface area contributed by atoms with Crippen LogP contribution >= 0.6 is 0 Å². The van der Waals surface area contributed by atoms with Crippen LogP contribution in [0.25, 0.3) is 0 Å². The zero-order chi connectivity index (χ0) is 22.2. The summed E-state index contributed by atoms with van der Waals surface area (Å²) in [5, 5.41) is 5.94. The fraction of sp³-hybridized carbons (Fsp3) is 0.565. The van der Waals surface area contributed by atoms with Crippen LogP contribution in [-0.4, -0.2) is 95.5 Å². The lowest BCUT2D eigenvalue weighted by atomic mass is 10.1. The van der Waals surface area contributed by atoms with Crippen molar-refractivity contribution in [3.05, 3.63) is 35.9 Å². The Kier molecular flexibility index (Phi) is 8.17. The molecule has 0 spiro atoms. The minimum absolute atomic E-state index is 0.00507. The highest BCUT2D eigenvalue weighted by Crippen LogP contribution is 2.15. The van der Waals surface area contributed by atoms with Gasteiger partial charge in [0.15, 0.2) is 0 Å². The molecule has 1 fully saturated rings. The summed E-state index contributed by atoms with van der Waals surface area (Å²) >= 11 is 0. The van der Waals surface area contributed by atoms with Gasteiger partial charge < -0.3 is 9.80 Å². The highest BCUT2D eigenvalue weighted by atomic mass is 16.2. The maximum absolute atomic E-state index is 12.6. The van der Waals surface area contributed by atoms with Crippen molar-refractivity contribution in [2.24, 2.45) is 5.10 Å². The highest BCUT2D eigenvalue weighted by molar-refractivity contribution is 6.02. The van der Waals surface area contributed by atoms with Crippen LogP contribution in [0.15, 0.2) is 35.4 Å². The molecule has 0 saturated carbocycles. The molecule has 0 atom stereocenters. The van der Waals surface area contributed by atoms with Gasteiger partial charge in [-0.2, -0.15) is 5.10 Å². The molecule has 8 heteroatoms. The second-order valence-corrected chi connectivity index (χ2v) is 7.90. The Bertz CT molecular complexity index is 799. The van der Waals surface area contributed by atoms with Crippen LogP contribution in [0.4, 0.5) is 0 Å². The van der Waals surface area contributed by atoms with Gasteiger partial charge in [-0.1, -0.05) is 30.3 Å². The number of hydrogen-bond donors (Lipinski definition) is 0. The Hall–Kier alpha value is -2.74. The third-order valence-electron chi connectivity index (χ3n) is 5.95. The first kappa shape index (κ1) is 22.9. The third-order valence-corrected chi connectivity index (χ3v) is 5.95. The molecule has 2 aliphatic heterocycles. The lowest BCUT2D eigenvalue weighted by molar-refractivity contribution is -0.138. The number of benzene rings is 1. The van der Waals surface area contributed by atoms with Crippen LogP contribution in [0, 0.1) is 0 Å². The predicted octanol–water partition coefficient (Wildman–Crippen LogP) is 1.42. The highest BCUT2D eigenvalue weighted by Gasteiger charge is 2.26. The summed E-state index contributed by atoms with van der Waals surface area (Å²) in [6, 6.07) is 9.86. The zero-order valence-electron chi connectivity index (χ0n) is 18.6. The van der Waals surface area contributed by atoms with E-state index in [1.807, 2.05) is 49.1 Å². The molecular weight excluding hydrogens is 394 g/mol. The van der Waals surface area contributed by atoms with Crippen molar-refractivity contribution in [3.63, 3.8) is 0 Å². The second kappa shape index (κ2) is 11.0. The number of amides is 3. The van der Waals surface area contributed by atoms with Crippen LogP contribution in [0.1, 0.15) is 38.7 Å². The maximum Gasteiger partial charge on any atom is 0.243 e. The molecule has 168 valence electrons. The molecule has 0 aliphatic carbocycles. The fourth-order valence-corrected chi connectivity index (χ4v) is 3.99. The molecule has 0 radical (unpaired) electrons. The number of carbonyl (C=O) groups is 3. The van der Waals surface area contributed by atoms with Crippen molar-refractivity contribution in [2.45, 2.75) is 33.1 Å². The number of piperazine rings is 1. The molecule has 0 bridgehead atoms. The van der Waals surface area contributed by atoms with Gasteiger partial charge in [0, 0.05) is 58.5 Å². The first-order valence-corrected chi connectivity index (χ1v) is 11.2. The molecule has 3 amide bonds. The van der Waals surface area contributed by atoms with Crippen molar-refractivity contribution in [1.29, 1.82) is 0 Å². The molecule has 3 rings (SSSR count). The number of likely N-dealkylation sites (N-methyl/N-ethyl adjacent to an activating group) is 1. The van der Waals surface area contributed by atoms with Gasteiger partial charge in [-0.05, 0) is 19.4 Å². The van der Waals surface area contributed by atoms with Crippen LogP contribution in [0.5, 0.6) is 0 Å². The molecule has 1 aromatic rings. The van der Waals surface area contributed by atoms with E-state index in [0.717, 1.165) is 30.8 Å². The molecule has 31 heavy (non-hydrogen) atoms. The van der Waals surface area contributed by atoms with Gasteiger partial charge in [0.25, 0.3) is 0 Å². The fourth-order valence-electron chi connectivity index (χ4n) is 3.99. The quantitative estimate of drug-likeness (QED) is 0.629. The average molecular weight is 428 g/mol. The van der Waals surface area contributed by atoms with Crippen molar-refractivity contribution in [2.75, 3.05) is 52.4 Å². The van der Waals surface area contributed by atoms with E-state index in [2.05, 4.69) is 10.0 Å². The molecule has 2 aliphatic rings. The third kappa shape index (κ3) is 6.13. The molecule has 1 saturated heterocycles. The van der Waals surface area contributed by atoms with Crippen LogP contribution in [0.3, 0.4) is 0 Å². The van der Waals surface area contributed by atoms with E-state index in [-0.39, 0.29) is 30.6 Å². The summed E-state index contributed by atoms with van der Waals surface area (Å²) in [4.78, 5) is 43.0. The summed E-state index contributed by atoms with van der Waals surface area (Å²) < 4.78 is 0. The Morgan fingerprint density at radius 3 is 2.19 bits per heavy atom. The monoisotopic (exact) mass is 427 g/mol. The van der Waals surface area contributed by atoms with Gasteiger partial charge in [0.2, 0.25) is 17.7 Å². The van der Waals surface area contributed by atoms with E-state index in [4.69, 9.17) is 0 Å². The second-order valence-electron chi connectivity index (χ2n) is 7.90. The first-order chi connectivity index (χ1) is 15.0. The number of rotatable bonds is 8. The van der Waals surface area contributed by atoms with E-state index in [9.17, 15) is 14.4 Å². The summed E-state index contributed by atoms with van der Waals surface area (Å²) in [5.41, 5.74) is 1.95. The number of carbonyl (C=O) groups excluding carboxylic acids is 3. The van der Waals surface area contributed by atoms with Gasteiger partial charge in [-0.15, -0.1) is 0 Å². The average Bonchev–Trinajstić information content (AvgIpc) is 3.30. The lowest BCUT2D eigenvalue weighted by Crippen LogP contribution is -2.51. The lowest BCUT2D eigenvalue weighted by Gasteiger charge is -2.35. The smallest absolute Gasteiger partial charge is 0.243 e. The number of hydrogen-bond acceptors (Lipinski definition) is 5. The van der Waals surface area contributed by atoms with Crippen LogP contribution < -0.4 is 0 Å². The first-order valence-electron chi connectivity index (χ1n) is 11.2. The van der Waals surface area contributed by atoms with Crippen molar-refractivity contribution in [1.82, 2.24) is 19.7 Å². The molecule has 2 heterocycles. The Balaban J connectivity index is 1.40. The Morgan fingerprint density at radius 1 is 0.903 bits per heavy atom. The molecule has 0 N–H and O–H groups in total. The Labute approximate surface area is 184 Å². The molecule has 0 aromatic heterocycles. The Morgan fingerprint density at radius 2 is 1.55 bits per heavy atom. The number of hydrazone groups is 1. The van der Waals surface area contributed by atoms with Crippen molar-refractivity contribution in [3.8, 4) is 0 Å². The SMILES string of the molecule is CCN(CC)C(=O)CN1CCN(C(=O)CCC(=O)N2CCC(c3ccccc3)=N2)CC1. The van der Waals surface area contributed by atoms with Crippen molar-refractivity contribution >= 4 is 23.4 Å². The molecule has 8 nitrogen and oxygen atoms in total. The van der Waals surface area contributed by atoms with E-state index < -0.39 is 0 Å². The van der Waals surface area contributed by atoms with Crippen molar-refractivity contribution < 1.29 is 14.4 Å². The zero-order valence-corrected chi connectivity index (χ0v) is 18.6. The number of nitrogens with zero attached hydrogens (tertiary/aromatic N) is 5. The van der Waals surface area contributed by atoms with Crippen LogP contribution in [-0.2, 0) is 14.4 Å². The minimum atomic E-state index is -0.109. The molecule has 0 unspecified atom stereocenters.